The predicted molar refractivity (Wildman–Crippen MR) is 110 cm³/mol. The van der Waals surface area contributed by atoms with E-state index in [4.69, 9.17) is 0 Å². The van der Waals surface area contributed by atoms with Crippen molar-refractivity contribution in [3.8, 4) is 11.3 Å². The molecule has 8 nitrogen and oxygen atoms in total. The summed E-state index contributed by atoms with van der Waals surface area (Å²) in [5, 5.41) is -1.67. The summed E-state index contributed by atoms with van der Waals surface area (Å²) in [6.07, 6.45) is 0.996. The SMILES string of the molecule is CC(C)c1nc(N(C)S(C)(=O)=O)nc(-c2ccc(F)cc2)c1C(C)(C)P(=O)(O)O. The molecule has 29 heavy (non-hydrogen) atoms. The third-order valence-electron chi connectivity index (χ3n) is 4.71. The highest BCUT2D eigenvalue weighted by Crippen LogP contribution is 2.59. The van der Waals surface area contributed by atoms with Gasteiger partial charge < -0.3 is 9.79 Å². The van der Waals surface area contributed by atoms with Gasteiger partial charge in [-0.15, -0.1) is 0 Å². The van der Waals surface area contributed by atoms with Crippen molar-refractivity contribution in [2.45, 2.75) is 38.8 Å². The van der Waals surface area contributed by atoms with E-state index in [1.807, 2.05) is 0 Å². The third-order valence-corrected chi connectivity index (χ3v) is 7.55. The minimum atomic E-state index is -4.67. The number of anilines is 1. The second-order valence-electron chi connectivity index (χ2n) is 7.63. The van der Waals surface area contributed by atoms with Crippen molar-refractivity contribution in [2.75, 3.05) is 17.6 Å². The maximum absolute atomic E-state index is 13.5. The molecule has 0 atom stereocenters. The fraction of sp³-hybridized carbons (Fsp3) is 0.444. The smallest absolute Gasteiger partial charge is 0.324 e. The van der Waals surface area contributed by atoms with Crippen LogP contribution in [0.15, 0.2) is 24.3 Å². The van der Waals surface area contributed by atoms with Gasteiger partial charge in [0.1, 0.15) is 5.82 Å². The average molecular weight is 445 g/mol. The maximum Gasteiger partial charge on any atom is 0.335 e. The number of halogens is 1. The van der Waals surface area contributed by atoms with Gasteiger partial charge in [-0.2, -0.15) is 0 Å². The Bertz CT molecular complexity index is 1070. The van der Waals surface area contributed by atoms with E-state index in [0.29, 0.717) is 11.3 Å². The first-order valence-electron chi connectivity index (χ1n) is 8.75. The second kappa shape index (κ2) is 7.75. The van der Waals surface area contributed by atoms with Crippen LogP contribution in [0.25, 0.3) is 11.3 Å². The van der Waals surface area contributed by atoms with E-state index in [1.165, 1.54) is 45.2 Å². The van der Waals surface area contributed by atoms with Crippen LogP contribution in [0.3, 0.4) is 0 Å². The number of benzene rings is 1. The van der Waals surface area contributed by atoms with Crippen molar-refractivity contribution in [1.82, 2.24) is 9.97 Å². The third kappa shape index (κ3) is 4.66. The number of aromatic nitrogens is 2. The summed E-state index contributed by atoms with van der Waals surface area (Å²) in [6.45, 7) is 6.32. The van der Waals surface area contributed by atoms with E-state index in [-0.39, 0.29) is 23.1 Å². The molecule has 160 valence electrons. The van der Waals surface area contributed by atoms with E-state index in [1.54, 1.807) is 13.8 Å². The van der Waals surface area contributed by atoms with Crippen LogP contribution in [0.2, 0.25) is 0 Å². The van der Waals surface area contributed by atoms with Crippen molar-refractivity contribution in [2.24, 2.45) is 0 Å². The van der Waals surface area contributed by atoms with Gasteiger partial charge in [0.25, 0.3) is 0 Å². The van der Waals surface area contributed by atoms with Gasteiger partial charge in [0.2, 0.25) is 16.0 Å². The van der Waals surface area contributed by atoms with E-state index in [0.717, 1.165) is 10.6 Å². The molecule has 0 aliphatic carbocycles. The van der Waals surface area contributed by atoms with Gasteiger partial charge in [0.05, 0.1) is 22.8 Å². The van der Waals surface area contributed by atoms with Crippen molar-refractivity contribution in [3.05, 3.63) is 41.3 Å². The van der Waals surface area contributed by atoms with Gasteiger partial charge in [-0.1, -0.05) is 13.8 Å². The van der Waals surface area contributed by atoms with Crippen LogP contribution >= 0.6 is 7.60 Å². The first-order chi connectivity index (χ1) is 13.1. The van der Waals surface area contributed by atoms with Gasteiger partial charge in [-0.25, -0.2) is 27.1 Å². The van der Waals surface area contributed by atoms with Crippen molar-refractivity contribution >= 4 is 23.6 Å². The number of nitrogens with zero attached hydrogens (tertiary/aromatic N) is 3. The molecule has 11 heteroatoms. The summed E-state index contributed by atoms with van der Waals surface area (Å²) in [4.78, 5) is 28.7. The van der Waals surface area contributed by atoms with Crippen molar-refractivity contribution in [3.63, 3.8) is 0 Å². The van der Waals surface area contributed by atoms with Gasteiger partial charge in [0.15, 0.2) is 0 Å². The maximum atomic E-state index is 13.5. The summed E-state index contributed by atoms with van der Waals surface area (Å²) in [6, 6.07) is 5.23. The lowest BCUT2D eigenvalue weighted by Crippen LogP contribution is -2.29. The molecule has 0 saturated carbocycles. The zero-order valence-electron chi connectivity index (χ0n) is 17.1. The molecule has 0 aliphatic rings. The second-order valence-corrected chi connectivity index (χ2v) is 11.8. The Labute approximate surface area is 170 Å². The summed E-state index contributed by atoms with van der Waals surface area (Å²) in [7, 11) is -7.07. The largest absolute Gasteiger partial charge is 0.335 e. The normalized spacial score (nSPS) is 13.0. The highest BCUT2D eigenvalue weighted by Gasteiger charge is 2.44. The number of hydrogen-bond acceptors (Lipinski definition) is 5. The summed E-state index contributed by atoms with van der Waals surface area (Å²) in [5.41, 5.74) is 1.02. The molecular formula is C18H25FN3O5PS. The molecule has 0 bridgehead atoms. The molecule has 0 fully saturated rings. The fourth-order valence-electron chi connectivity index (χ4n) is 2.74. The van der Waals surface area contributed by atoms with Gasteiger partial charge in [-0.05, 0) is 44.0 Å². The lowest BCUT2D eigenvalue weighted by atomic mass is 9.90. The van der Waals surface area contributed by atoms with Gasteiger partial charge >= 0.3 is 7.60 Å². The van der Waals surface area contributed by atoms with Crippen molar-refractivity contribution < 1.29 is 27.2 Å². The van der Waals surface area contributed by atoms with Crippen LogP contribution in [0.4, 0.5) is 10.3 Å². The van der Waals surface area contributed by atoms with Crippen LogP contribution < -0.4 is 4.31 Å². The topological polar surface area (TPSA) is 121 Å². The van der Waals surface area contributed by atoms with Crippen LogP contribution in [0.1, 0.15) is 44.9 Å². The van der Waals surface area contributed by atoms with E-state index in [2.05, 4.69) is 9.97 Å². The van der Waals surface area contributed by atoms with Crippen LogP contribution in [-0.2, 0) is 19.7 Å². The molecule has 0 amide bonds. The Morgan fingerprint density at radius 3 is 2.07 bits per heavy atom. The molecule has 0 aliphatic heterocycles. The molecular weight excluding hydrogens is 420 g/mol. The Kier molecular flexibility index (Phi) is 6.26. The molecule has 1 heterocycles. The first-order valence-corrected chi connectivity index (χ1v) is 12.2. The van der Waals surface area contributed by atoms with Gasteiger partial charge in [0, 0.05) is 18.2 Å². The lowest BCUT2D eigenvalue weighted by Gasteiger charge is -2.32. The molecule has 2 N–H and O–H groups in total. The molecule has 1 aromatic carbocycles. The van der Waals surface area contributed by atoms with Crippen LogP contribution in [-0.4, -0.2) is 41.5 Å². The highest BCUT2D eigenvalue weighted by molar-refractivity contribution is 7.92. The van der Waals surface area contributed by atoms with Crippen LogP contribution in [0.5, 0.6) is 0 Å². The Morgan fingerprint density at radius 1 is 1.14 bits per heavy atom. The van der Waals surface area contributed by atoms with E-state index < -0.39 is 28.6 Å². The van der Waals surface area contributed by atoms with E-state index in [9.17, 15) is 27.2 Å². The Morgan fingerprint density at radius 2 is 1.66 bits per heavy atom. The quantitative estimate of drug-likeness (QED) is 0.655. The molecule has 2 rings (SSSR count). The van der Waals surface area contributed by atoms with E-state index >= 15 is 0 Å². The minimum absolute atomic E-state index is 0.138. The molecule has 1 aromatic heterocycles. The van der Waals surface area contributed by atoms with Gasteiger partial charge in [-0.3, -0.25) is 4.57 Å². The molecule has 0 radical (unpaired) electrons. The van der Waals surface area contributed by atoms with Crippen LogP contribution in [0, 0.1) is 5.82 Å². The predicted octanol–water partition coefficient (Wildman–Crippen LogP) is 3.21. The lowest BCUT2D eigenvalue weighted by molar-refractivity contribution is 0.337. The van der Waals surface area contributed by atoms with Crippen molar-refractivity contribution in [1.29, 1.82) is 0 Å². The number of sulfonamides is 1. The Balaban J connectivity index is 3.01. The molecule has 0 unspecified atom stereocenters. The highest BCUT2D eigenvalue weighted by atomic mass is 32.2. The Hall–Kier alpha value is -1.87. The number of rotatable bonds is 6. The zero-order valence-corrected chi connectivity index (χ0v) is 18.8. The summed E-state index contributed by atoms with van der Waals surface area (Å²) in [5.74, 6) is -0.929. The minimum Gasteiger partial charge on any atom is -0.324 e. The fourth-order valence-corrected chi connectivity index (χ4v) is 3.63. The molecule has 0 spiro atoms. The summed E-state index contributed by atoms with van der Waals surface area (Å²) < 4.78 is 50.7. The first kappa shape index (κ1) is 23.4. The molecule has 0 saturated heterocycles. The molecule has 2 aromatic rings. The number of hydrogen-bond donors (Lipinski definition) is 2. The average Bonchev–Trinajstić information content (AvgIpc) is 2.58. The zero-order chi connectivity index (χ0) is 22.4. The standard InChI is InChI=1S/C18H25FN3O5PS/c1-11(2)15-14(18(3,4)28(23,24)25)16(12-7-9-13(19)10-8-12)21-17(20-15)22(5)29(6,26)27/h7-11H,1-6H3,(H2,23,24,25). The summed E-state index contributed by atoms with van der Waals surface area (Å²) >= 11 is 0. The monoisotopic (exact) mass is 445 g/mol.